The number of piperidine rings is 1. The molecule has 1 fully saturated rings. The molecule has 1 aliphatic rings. The first-order chi connectivity index (χ1) is 13.8. The Morgan fingerprint density at radius 3 is 2.36 bits per heavy atom. The number of aromatic amines is 1. The van der Waals surface area contributed by atoms with Gasteiger partial charge >= 0.3 is 0 Å². The number of aromatic nitrogens is 1. The number of hydrogen-bond acceptors (Lipinski definition) is 2. The monoisotopic (exact) mass is 372 g/mol. The zero-order chi connectivity index (χ0) is 19.2. The minimum atomic E-state index is 0.0437. The van der Waals surface area contributed by atoms with Crippen LogP contribution in [0.25, 0.3) is 11.1 Å². The highest BCUT2D eigenvalue weighted by atomic mass is 16.1. The lowest BCUT2D eigenvalue weighted by Gasteiger charge is -2.32. The summed E-state index contributed by atoms with van der Waals surface area (Å²) in [4.78, 5) is 17.1. The Morgan fingerprint density at radius 2 is 1.57 bits per heavy atom. The summed E-state index contributed by atoms with van der Waals surface area (Å²) in [6.07, 6.45) is 6.51. The number of likely N-dealkylation sites (tertiary alicyclic amines) is 1. The molecule has 2 aromatic carbocycles. The third kappa shape index (κ3) is 4.60. The normalized spacial score (nSPS) is 15.6. The highest BCUT2D eigenvalue weighted by Gasteiger charge is 2.20. The van der Waals surface area contributed by atoms with Gasteiger partial charge in [-0.15, -0.1) is 0 Å². The van der Waals surface area contributed by atoms with Crippen LogP contribution in [-0.2, 0) is 13.0 Å². The molecule has 0 aliphatic carbocycles. The van der Waals surface area contributed by atoms with E-state index in [2.05, 4.69) is 64.5 Å². The standard InChI is InChI=1S/C25H28N2O/c28-25-23(10-6-16-26-25)19-27-17-14-20(15-18-27)12-13-22-9-4-5-11-24(22)21-7-2-1-3-8-21/h1-11,16,20H,12-15,17-19H2,(H,26,28). The summed E-state index contributed by atoms with van der Waals surface area (Å²) < 4.78 is 0. The van der Waals surface area contributed by atoms with E-state index in [1.165, 1.54) is 36.0 Å². The molecule has 0 atom stereocenters. The lowest BCUT2D eigenvalue weighted by molar-refractivity contribution is 0.172. The number of H-pyrrole nitrogens is 1. The number of nitrogens with zero attached hydrogens (tertiary/aromatic N) is 1. The van der Waals surface area contributed by atoms with Crippen molar-refractivity contribution in [3.63, 3.8) is 0 Å². The molecule has 0 spiro atoms. The van der Waals surface area contributed by atoms with Gasteiger partial charge in [0.05, 0.1) is 0 Å². The molecule has 0 radical (unpaired) electrons. The van der Waals surface area contributed by atoms with Crippen LogP contribution in [0.1, 0.15) is 30.4 Å². The smallest absolute Gasteiger partial charge is 0.252 e. The van der Waals surface area contributed by atoms with Crippen molar-refractivity contribution in [2.75, 3.05) is 13.1 Å². The van der Waals surface area contributed by atoms with Gasteiger partial charge in [-0.25, -0.2) is 0 Å². The Kier molecular flexibility index (Phi) is 6.03. The predicted octanol–water partition coefficient (Wildman–Crippen LogP) is 4.89. The first-order valence-electron chi connectivity index (χ1n) is 10.3. The van der Waals surface area contributed by atoms with Gasteiger partial charge in [0.2, 0.25) is 0 Å². The Bertz CT molecular complexity index is 940. The number of rotatable bonds is 6. The average molecular weight is 373 g/mol. The molecule has 1 aromatic heterocycles. The van der Waals surface area contributed by atoms with E-state index < -0.39 is 0 Å². The number of benzene rings is 2. The minimum absolute atomic E-state index is 0.0437. The molecule has 0 amide bonds. The Labute approximate surface area is 167 Å². The highest BCUT2D eigenvalue weighted by Crippen LogP contribution is 2.28. The lowest BCUT2D eigenvalue weighted by Crippen LogP contribution is -2.35. The average Bonchev–Trinajstić information content (AvgIpc) is 2.76. The van der Waals surface area contributed by atoms with Gasteiger partial charge in [-0.1, -0.05) is 60.7 Å². The van der Waals surface area contributed by atoms with E-state index in [1.807, 2.05) is 12.1 Å². The molecular weight excluding hydrogens is 344 g/mol. The van der Waals surface area contributed by atoms with E-state index in [-0.39, 0.29) is 5.56 Å². The molecule has 28 heavy (non-hydrogen) atoms. The third-order valence-electron chi connectivity index (χ3n) is 5.92. The van der Waals surface area contributed by atoms with Crippen molar-refractivity contribution in [1.29, 1.82) is 0 Å². The van der Waals surface area contributed by atoms with Gasteiger partial charge < -0.3 is 4.98 Å². The zero-order valence-corrected chi connectivity index (χ0v) is 16.3. The van der Waals surface area contributed by atoms with Crippen molar-refractivity contribution in [3.8, 4) is 11.1 Å². The summed E-state index contributed by atoms with van der Waals surface area (Å²) in [6.45, 7) is 2.93. The maximum Gasteiger partial charge on any atom is 0.252 e. The van der Waals surface area contributed by atoms with E-state index in [9.17, 15) is 4.79 Å². The molecule has 0 unspecified atom stereocenters. The zero-order valence-electron chi connectivity index (χ0n) is 16.3. The van der Waals surface area contributed by atoms with Gasteiger partial charge in [0.1, 0.15) is 0 Å². The fraction of sp³-hybridized carbons (Fsp3) is 0.320. The van der Waals surface area contributed by atoms with E-state index in [1.54, 1.807) is 6.20 Å². The molecule has 1 N–H and O–H groups in total. The molecule has 0 bridgehead atoms. The second kappa shape index (κ2) is 9.03. The van der Waals surface area contributed by atoms with Crippen LogP contribution in [0.5, 0.6) is 0 Å². The first kappa shape index (κ1) is 18.7. The third-order valence-corrected chi connectivity index (χ3v) is 5.92. The van der Waals surface area contributed by atoms with Gasteiger partial charge in [-0.05, 0) is 67.4 Å². The van der Waals surface area contributed by atoms with Crippen LogP contribution in [0.3, 0.4) is 0 Å². The highest BCUT2D eigenvalue weighted by molar-refractivity contribution is 5.67. The van der Waals surface area contributed by atoms with Gasteiger partial charge in [0.15, 0.2) is 0 Å². The van der Waals surface area contributed by atoms with Crippen molar-refractivity contribution in [3.05, 3.63) is 94.4 Å². The summed E-state index contributed by atoms with van der Waals surface area (Å²) in [5.74, 6) is 0.772. The first-order valence-corrected chi connectivity index (χ1v) is 10.3. The largest absolute Gasteiger partial charge is 0.329 e. The lowest BCUT2D eigenvalue weighted by atomic mass is 9.88. The van der Waals surface area contributed by atoms with Crippen LogP contribution < -0.4 is 5.56 Å². The topological polar surface area (TPSA) is 36.1 Å². The van der Waals surface area contributed by atoms with Gasteiger partial charge in [0, 0.05) is 18.3 Å². The maximum absolute atomic E-state index is 11.9. The summed E-state index contributed by atoms with van der Waals surface area (Å²) >= 11 is 0. The summed E-state index contributed by atoms with van der Waals surface area (Å²) in [6, 6.07) is 23.3. The summed E-state index contributed by atoms with van der Waals surface area (Å²) in [7, 11) is 0. The van der Waals surface area contributed by atoms with E-state index in [4.69, 9.17) is 0 Å². The van der Waals surface area contributed by atoms with Crippen LogP contribution in [-0.4, -0.2) is 23.0 Å². The van der Waals surface area contributed by atoms with Crippen molar-refractivity contribution < 1.29 is 0 Å². The summed E-state index contributed by atoms with van der Waals surface area (Å²) in [5, 5.41) is 0. The number of nitrogens with one attached hydrogen (secondary N) is 1. The second-order valence-corrected chi connectivity index (χ2v) is 7.81. The quantitative estimate of drug-likeness (QED) is 0.669. The molecule has 1 saturated heterocycles. The molecule has 0 saturated carbocycles. The minimum Gasteiger partial charge on any atom is -0.329 e. The molecular formula is C25H28N2O. The van der Waals surface area contributed by atoms with Gasteiger partial charge in [-0.2, -0.15) is 0 Å². The Hall–Kier alpha value is -2.65. The van der Waals surface area contributed by atoms with Crippen molar-refractivity contribution >= 4 is 0 Å². The summed E-state index contributed by atoms with van der Waals surface area (Å²) in [5.41, 5.74) is 5.04. The van der Waals surface area contributed by atoms with Crippen molar-refractivity contribution in [1.82, 2.24) is 9.88 Å². The number of aryl methyl sites for hydroxylation is 1. The molecule has 4 rings (SSSR count). The van der Waals surface area contributed by atoms with E-state index >= 15 is 0 Å². The Morgan fingerprint density at radius 1 is 0.857 bits per heavy atom. The molecule has 2 heterocycles. The Balaban J connectivity index is 1.32. The molecule has 3 heteroatoms. The van der Waals surface area contributed by atoms with Crippen LogP contribution in [0.15, 0.2) is 77.7 Å². The van der Waals surface area contributed by atoms with E-state index in [0.29, 0.717) is 0 Å². The SMILES string of the molecule is O=c1[nH]cccc1CN1CCC(CCc2ccccc2-c2ccccc2)CC1. The van der Waals surface area contributed by atoms with Crippen LogP contribution in [0.2, 0.25) is 0 Å². The maximum atomic E-state index is 11.9. The van der Waals surface area contributed by atoms with Crippen LogP contribution in [0, 0.1) is 5.92 Å². The predicted molar refractivity (Wildman–Crippen MR) is 115 cm³/mol. The fourth-order valence-electron chi connectivity index (χ4n) is 4.25. The van der Waals surface area contributed by atoms with Crippen LogP contribution >= 0.6 is 0 Å². The molecule has 1 aliphatic heterocycles. The molecule has 3 nitrogen and oxygen atoms in total. The molecule has 144 valence electrons. The van der Waals surface area contributed by atoms with Crippen molar-refractivity contribution in [2.45, 2.75) is 32.2 Å². The van der Waals surface area contributed by atoms with Crippen LogP contribution in [0.4, 0.5) is 0 Å². The van der Waals surface area contributed by atoms with Crippen molar-refractivity contribution in [2.24, 2.45) is 5.92 Å². The van der Waals surface area contributed by atoms with E-state index in [0.717, 1.165) is 37.5 Å². The fourth-order valence-corrected chi connectivity index (χ4v) is 4.25. The van der Waals surface area contributed by atoms with Gasteiger partial charge in [-0.3, -0.25) is 9.69 Å². The second-order valence-electron chi connectivity index (χ2n) is 7.81. The molecule has 3 aromatic rings. The number of pyridine rings is 1. The number of hydrogen-bond donors (Lipinski definition) is 1. The van der Waals surface area contributed by atoms with Gasteiger partial charge in [0.25, 0.3) is 5.56 Å².